The smallest absolute Gasteiger partial charge is 0.0377 e. The molecule has 1 aromatic carbocycles. The standard InChI is InChI=1S/C17H29BrN2S/c1-7-14(12-21-6)20(5)15-9-8-13(16(18)10-15)11-19-17(2,3)4/h8-10,14,19H,7,11-12H2,1-6H3. The van der Waals surface area contributed by atoms with Crippen LogP contribution in [0.3, 0.4) is 0 Å². The average Bonchev–Trinajstić information content (AvgIpc) is 2.41. The van der Waals surface area contributed by atoms with Crippen LogP contribution in [-0.2, 0) is 6.54 Å². The molecule has 0 aliphatic heterocycles. The molecule has 1 aromatic rings. The number of nitrogens with zero attached hydrogens (tertiary/aromatic N) is 1. The Morgan fingerprint density at radius 2 is 2.00 bits per heavy atom. The van der Waals surface area contributed by atoms with Crippen LogP contribution in [0.15, 0.2) is 22.7 Å². The van der Waals surface area contributed by atoms with Crippen molar-refractivity contribution in [1.29, 1.82) is 0 Å². The summed E-state index contributed by atoms with van der Waals surface area (Å²) in [6.45, 7) is 9.72. The third kappa shape index (κ3) is 6.21. The Morgan fingerprint density at radius 3 is 2.48 bits per heavy atom. The Labute approximate surface area is 143 Å². The van der Waals surface area contributed by atoms with E-state index >= 15 is 0 Å². The summed E-state index contributed by atoms with van der Waals surface area (Å²) in [7, 11) is 2.19. The number of rotatable bonds is 7. The molecule has 0 saturated heterocycles. The van der Waals surface area contributed by atoms with Crippen LogP contribution >= 0.6 is 27.7 Å². The highest BCUT2D eigenvalue weighted by molar-refractivity contribution is 9.10. The van der Waals surface area contributed by atoms with Gasteiger partial charge >= 0.3 is 0 Å². The summed E-state index contributed by atoms with van der Waals surface area (Å²) in [5, 5.41) is 3.53. The van der Waals surface area contributed by atoms with Gasteiger partial charge in [-0.2, -0.15) is 11.8 Å². The molecule has 1 rings (SSSR count). The Balaban J connectivity index is 2.81. The minimum Gasteiger partial charge on any atom is -0.371 e. The van der Waals surface area contributed by atoms with E-state index in [4.69, 9.17) is 0 Å². The first-order chi connectivity index (χ1) is 9.78. The maximum Gasteiger partial charge on any atom is 0.0377 e. The number of thioether (sulfide) groups is 1. The maximum atomic E-state index is 3.72. The molecule has 0 bridgehead atoms. The van der Waals surface area contributed by atoms with Crippen molar-refractivity contribution in [3.8, 4) is 0 Å². The van der Waals surface area contributed by atoms with Crippen molar-refractivity contribution in [3.05, 3.63) is 28.2 Å². The molecule has 4 heteroatoms. The molecule has 0 aliphatic rings. The molecule has 0 heterocycles. The molecule has 0 aromatic heterocycles. The predicted molar refractivity (Wildman–Crippen MR) is 102 cm³/mol. The normalized spacial score (nSPS) is 13.3. The van der Waals surface area contributed by atoms with Gasteiger partial charge in [0.25, 0.3) is 0 Å². The fourth-order valence-electron chi connectivity index (χ4n) is 2.17. The fraction of sp³-hybridized carbons (Fsp3) is 0.647. The third-order valence-electron chi connectivity index (χ3n) is 3.63. The predicted octanol–water partition coefficient (Wildman–Crippen LogP) is 4.92. The van der Waals surface area contributed by atoms with E-state index in [1.807, 2.05) is 11.8 Å². The topological polar surface area (TPSA) is 15.3 Å². The fourth-order valence-corrected chi connectivity index (χ4v) is 3.52. The molecule has 1 N–H and O–H groups in total. The van der Waals surface area contributed by atoms with Gasteiger partial charge in [-0.3, -0.25) is 0 Å². The van der Waals surface area contributed by atoms with Gasteiger partial charge in [-0.1, -0.05) is 28.9 Å². The molecule has 0 aliphatic carbocycles. The lowest BCUT2D eigenvalue weighted by Gasteiger charge is -2.29. The minimum absolute atomic E-state index is 0.139. The van der Waals surface area contributed by atoms with Crippen LogP contribution in [0.1, 0.15) is 39.7 Å². The van der Waals surface area contributed by atoms with E-state index < -0.39 is 0 Å². The van der Waals surface area contributed by atoms with Crippen molar-refractivity contribution in [1.82, 2.24) is 5.32 Å². The number of nitrogens with one attached hydrogen (secondary N) is 1. The lowest BCUT2D eigenvalue weighted by Crippen LogP contribution is -2.35. The summed E-state index contributed by atoms with van der Waals surface area (Å²) in [4.78, 5) is 2.39. The molecule has 0 fully saturated rings. The van der Waals surface area contributed by atoms with Gasteiger partial charge in [0.05, 0.1) is 0 Å². The SMILES string of the molecule is CCC(CSC)N(C)c1ccc(CNC(C)(C)C)c(Br)c1. The molecule has 0 spiro atoms. The molecule has 0 saturated carbocycles. The molecule has 0 amide bonds. The zero-order chi connectivity index (χ0) is 16.0. The van der Waals surface area contributed by atoms with E-state index in [-0.39, 0.29) is 5.54 Å². The Bertz CT molecular complexity index is 443. The van der Waals surface area contributed by atoms with Crippen LogP contribution in [0.5, 0.6) is 0 Å². The molecule has 1 unspecified atom stereocenters. The average molecular weight is 373 g/mol. The van der Waals surface area contributed by atoms with Crippen molar-refractivity contribution in [2.45, 2.75) is 52.2 Å². The van der Waals surface area contributed by atoms with Gasteiger partial charge in [0.15, 0.2) is 0 Å². The van der Waals surface area contributed by atoms with E-state index in [0.29, 0.717) is 6.04 Å². The highest BCUT2D eigenvalue weighted by Crippen LogP contribution is 2.26. The summed E-state index contributed by atoms with van der Waals surface area (Å²) < 4.78 is 1.18. The highest BCUT2D eigenvalue weighted by atomic mass is 79.9. The molecule has 0 radical (unpaired) electrons. The molecule has 1 atom stereocenters. The van der Waals surface area contributed by atoms with Gasteiger partial charge in [0, 0.05) is 41.1 Å². The van der Waals surface area contributed by atoms with E-state index in [1.165, 1.54) is 22.1 Å². The monoisotopic (exact) mass is 372 g/mol. The van der Waals surface area contributed by atoms with Crippen LogP contribution < -0.4 is 10.2 Å². The van der Waals surface area contributed by atoms with Crippen LogP contribution in [0.2, 0.25) is 0 Å². The zero-order valence-electron chi connectivity index (χ0n) is 14.2. The number of benzene rings is 1. The molecular weight excluding hydrogens is 344 g/mol. The van der Waals surface area contributed by atoms with Gasteiger partial charge in [0.1, 0.15) is 0 Å². The quantitative estimate of drug-likeness (QED) is 0.731. The third-order valence-corrected chi connectivity index (χ3v) is 5.09. The first-order valence-corrected chi connectivity index (χ1v) is 9.72. The van der Waals surface area contributed by atoms with Gasteiger partial charge in [-0.05, 0) is 51.1 Å². The number of hydrogen-bond donors (Lipinski definition) is 1. The minimum atomic E-state index is 0.139. The van der Waals surface area contributed by atoms with Gasteiger partial charge in [0.2, 0.25) is 0 Å². The summed E-state index contributed by atoms with van der Waals surface area (Å²) in [6, 6.07) is 7.28. The molecular formula is C17H29BrN2S. The Hall–Kier alpha value is -0.190. The van der Waals surface area contributed by atoms with Crippen molar-refractivity contribution in [2.24, 2.45) is 0 Å². The zero-order valence-corrected chi connectivity index (χ0v) is 16.6. The largest absolute Gasteiger partial charge is 0.371 e. The second-order valence-corrected chi connectivity index (χ2v) is 8.27. The van der Waals surface area contributed by atoms with E-state index in [0.717, 1.165) is 12.3 Å². The highest BCUT2D eigenvalue weighted by Gasteiger charge is 2.15. The molecule has 21 heavy (non-hydrogen) atoms. The van der Waals surface area contributed by atoms with Crippen LogP contribution in [-0.4, -0.2) is 30.6 Å². The van der Waals surface area contributed by atoms with E-state index in [2.05, 4.69) is 85.3 Å². The second-order valence-electron chi connectivity index (χ2n) is 6.51. The summed E-state index contributed by atoms with van der Waals surface area (Å²) in [5.41, 5.74) is 2.72. The van der Waals surface area contributed by atoms with Crippen molar-refractivity contribution in [3.63, 3.8) is 0 Å². The summed E-state index contributed by atoms with van der Waals surface area (Å²) >= 11 is 5.63. The van der Waals surface area contributed by atoms with E-state index in [9.17, 15) is 0 Å². The van der Waals surface area contributed by atoms with Crippen molar-refractivity contribution >= 4 is 33.4 Å². The van der Waals surface area contributed by atoms with Crippen LogP contribution in [0.25, 0.3) is 0 Å². The lowest BCUT2D eigenvalue weighted by atomic mass is 10.1. The van der Waals surface area contributed by atoms with Gasteiger partial charge in [-0.15, -0.1) is 0 Å². The Kier molecular flexibility index (Phi) is 7.58. The number of anilines is 1. The lowest BCUT2D eigenvalue weighted by molar-refractivity contribution is 0.424. The second kappa shape index (κ2) is 8.44. The van der Waals surface area contributed by atoms with Crippen molar-refractivity contribution in [2.75, 3.05) is 24.0 Å². The Morgan fingerprint density at radius 1 is 1.33 bits per heavy atom. The molecule has 2 nitrogen and oxygen atoms in total. The maximum absolute atomic E-state index is 3.72. The summed E-state index contributed by atoms with van der Waals surface area (Å²) in [6.07, 6.45) is 3.34. The van der Waals surface area contributed by atoms with Crippen LogP contribution in [0, 0.1) is 0 Å². The first kappa shape index (κ1) is 18.9. The first-order valence-electron chi connectivity index (χ1n) is 7.53. The van der Waals surface area contributed by atoms with Crippen LogP contribution in [0.4, 0.5) is 5.69 Å². The number of halogens is 1. The van der Waals surface area contributed by atoms with E-state index in [1.54, 1.807) is 0 Å². The van der Waals surface area contributed by atoms with Gasteiger partial charge < -0.3 is 10.2 Å². The summed E-state index contributed by atoms with van der Waals surface area (Å²) in [5.74, 6) is 1.16. The number of hydrogen-bond acceptors (Lipinski definition) is 3. The van der Waals surface area contributed by atoms with Crippen molar-refractivity contribution < 1.29 is 0 Å². The van der Waals surface area contributed by atoms with Gasteiger partial charge in [-0.25, -0.2) is 0 Å². The molecule has 120 valence electrons.